The van der Waals surface area contributed by atoms with Gasteiger partial charge >= 0.3 is 11.9 Å². The summed E-state index contributed by atoms with van der Waals surface area (Å²) < 4.78 is 4.53. The van der Waals surface area contributed by atoms with Crippen LogP contribution in [0.5, 0.6) is 0 Å². The summed E-state index contributed by atoms with van der Waals surface area (Å²) in [4.78, 5) is 23.7. The van der Waals surface area contributed by atoms with Gasteiger partial charge in [-0.2, -0.15) is 0 Å². The first-order chi connectivity index (χ1) is 6.93. The van der Waals surface area contributed by atoms with Crippen LogP contribution in [0.4, 0.5) is 0 Å². The van der Waals surface area contributed by atoms with Crippen LogP contribution in [0.1, 0.15) is 20.8 Å². The molecule has 0 aromatic carbocycles. The Hall–Kier alpha value is -1.03. The second-order valence-corrected chi connectivity index (χ2v) is 5.65. The van der Waals surface area contributed by atoms with Crippen molar-refractivity contribution in [3.05, 3.63) is 22.6 Å². The quantitative estimate of drug-likeness (QED) is 0.505. The van der Waals surface area contributed by atoms with Gasteiger partial charge in [0.2, 0.25) is 0 Å². The van der Waals surface area contributed by atoms with Crippen LogP contribution in [-0.2, 0) is 14.3 Å². The highest BCUT2D eigenvalue weighted by atomic mass is 32.2. The van der Waals surface area contributed by atoms with Gasteiger partial charge in [-0.3, -0.25) is 0 Å². The van der Waals surface area contributed by atoms with Crippen LogP contribution >= 0.6 is 11.8 Å². The minimum absolute atomic E-state index is 0.252. The van der Waals surface area contributed by atoms with Gasteiger partial charge in [0.25, 0.3) is 0 Å². The van der Waals surface area contributed by atoms with Gasteiger partial charge in [0.15, 0.2) is 0 Å². The number of carbonyl (C=O) groups is 2. The van der Waals surface area contributed by atoms with E-state index >= 15 is 0 Å². The maximum absolute atomic E-state index is 11.5. The van der Waals surface area contributed by atoms with Crippen molar-refractivity contribution in [2.24, 2.45) is 5.41 Å². The summed E-state index contributed by atoms with van der Waals surface area (Å²) in [5, 5.41) is 0.252. The molecule has 2 aliphatic heterocycles. The lowest BCUT2D eigenvalue weighted by molar-refractivity contribution is -0.151. The summed E-state index contributed by atoms with van der Waals surface area (Å²) in [6.07, 6.45) is 3.35. The molecular weight excluding hydrogens is 212 g/mol. The molecule has 0 aliphatic carbocycles. The highest BCUT2D eigenvalue weighted by Gasteiger charge is 2.44. The van der Waals surface area contributed by atoms with E-state index < -0.39 is 11.9 Å². The molecule has 0 radical (unpaired) electrons. The molecule has 3 nitrogen and oxygen atoms in total. The van der Waals surface area contributed by atoms with Crippen LogP contribution < -0.4 is 0 Å². The van der Waals surface area contributed by atoms with Crippen molar-refractivity contribution >= 4 is 23.7 Å². The maximum atomic E-state index is 11.5. The predicted octanol–water partition coefficient (Wildman–Crippen LogP) is 2.04. The summed E-state index contributed by atoms with van der Waals surface area (Å²) >= 11 is 1.72. The molecule has 80 valence electrons. The molecule has 15 heavy (non-hydrogen) atoms. The SMILES string of the molecule is CC1=CC(C)(C2=CC(=O)OC2=O)C(C)S1. The first-order valence-corrected chi connectivity index (χ1v) is 5.66. The second kappa shape index (κ2) is 3.23. The first kappa shape index (κ1) is 10.5. The number of esters is 2. The summed E-state index contributed by atoms with van der Waals surface area (Å²) in [6, 6.07) is 0. The van der Waals surface area contributed by atoms with Crippen LogP contribution in [0, 0.1) is 5.41 Å². The normalized spacial score (nSPS) is 35.3. The van der Waals surface area contributed by atoms with Crippen molar-refractivity contribution in [2.75, 3.05) is 0 Å². The van der Waals surface area contributed by atoms with Gasteiger partial charge in [0, 0.05) is 16.7 Å². The van der Waals surface area contributed by atoms with Crippen LogP contribution in [0.25, 0.3) is 0 Å². The molecule has 0 aromatic rings. The number of rotatable bonds is 1. The lowest BCUT2D eigenvalue weighted by atomic mass is 9.79. The molecule has 2 unspecified atom stereocenters. The molecule has 0 aromatic heterocycles. The number of cyclic esters (lactones) is 2. The smallest absolute Gasteiger partial charge is 0.343 e. The van der Waals surface area contributed by atoms with Crippen molar-refractivity contribution < 1.29 is 14.3 Å². The molecule has 0 spiro atoms. The fraction of sp³-hybridized carbons (Fsp3) is 0.455. The fourth-order valence-electron chi connectivity index (χ4n) is 2.00. The molecule has 0 bridgehead atoms. The van der Waals surface area contributed by atoms with E-state index in [1.54, 1.807) is 11.8 Å². The van der Waals surface area contributed by atoms with Gasteiger partial charge in [-0.15, -0.1) is 11.8 Å². The van der Waals surface area contributed by atoms with Crippen LogP contribution in [0.3, 0.4) is 0 Å². The molecule has 2 aliphatic rings. The van der Waals surface area contributed by atoms with Gasteiger partial charge in [0.05, 0.1) is 5.57 Å². The van der Waals surface area contributed by atoms with E-state index in [1.165, 1.54) is 11.0 Å². The topological polar surface area (TPSA) is 43.4 Å². The Kier molecular flexibility index (Phi) is 2.26. The largest absolute Gasteiger partial charge is 0.386 e. The molecule has 0 N–H and O–H groups in total. The molecule has 0 fully saturated rings. The third kappa shape index (κ3) is 1.53. The van der Waals surface area contributed by atoms with Crippen molar-refractivity contribution in [3.63, 3.8) is 0 Å². The molecule has 0 amide bonds. The second-order valence-electron chi connectivity index (χ2n) is 4.06. The Morgan fingerprint density at radius 1 is 1.47 bits per heavy atom. The summed E-state index contributed by atoms with van der Waals surface area (Å²) in [5.74, 6) is -1.05. The lowest BCUT2D eigenvalue weighted by Crippen LogP contribution is -2.27. The molecule has 2 rings (SSSR count). The molecule has 4 heteroatoms. The number of allylic oxidation sites excluding steroid dienone is 2. The number of hydrogen-bond donors (Lipinski definition) is 0. The van der Waals surface area contributed by atoms with Crippen molar-refractivity contribution in [1.82, 2.24) is 0 Å². The van der Waals surface area contributed by atoms with Crippen LogP contribution in [0.15, 0.2) is 22.6 Å². The Morgan fingerprint density at radius 2 is 2.13 bits per heavy atom. The minimum atomic E-state index is -0.550. The van der Waals surface area contributed by atoms with Crippen molar-refractivity contribution in [2.45, 2.75) is 26.0 Å². The maximum Gasteiger partial charge on any atom is 0.343 e. The third-order valence-electron chi connectivity index (χ3n) is 2.97. The Morgan fingerprint density at radius 3 is 2.53 bits per heavy atom. The standard InChI is InChI=1S/C11H12O3S/c1-6-5-11(3,7(2)15-6)8-4-9(12)14-10(8)13/h4-5,7H,1-3H3. The van der Waals surface area contributed by atoms with Crippen molar-refractivity contribution in [1.29, 1.82) is 0 Å². The molecule has 2 atom stereocenters. The van der Waals surface area contributed by atoms with Gasteiger partial charge in [-0.05, 0) is 11.8 Å². The highest BCUT2D eigenvalue weighted by molar-refractivity contribution is 8.03. The average Bonchev–Trinajstić information content (AvgIpc) is 2.55. The molecular formula is C11H12O3S. The van der Waals surface area contributed by atoms with E-state index in [1.807, 2.05) is 19.9 Å². The monoisotopic (exact) mass is 224 g/mol. The van der Waals surface area contributed by atoms with E-state index in [-0.39, 0.29) is 10.7 Å². The molecule has 0 saturated carbocycles. The van der Waals surface area contributed by atoms with Crippen LogP contribution in [-0.4, -0.2) is 17.2 Å². The van der Waals surface area contributed by atoms with Crippen molar-refractivity contribution in [3.8, 4) is 0 Å². The van der Waals surface area contributed by atoms with E-state index in [0.717, 1.165) is 0 Å². The van der Waals surface area contributed by atoms with E-state index in [0.29, 0.717) is 5.57 Å². The zero-order valence-corrected chi connectivity index (χ0v) is 9.68. The van der Waals surface area contributed by atoms with Gasteiger partial charge in [0.1, 0.15) is 0 Å². The summed E-state index contributed by atoms with van der Waals surface area (Å²) in [6.45, 7) is 6.02. The third-order valence-corrected chi connectivity index (χ3v) is 4.30. The van der Waals surface area contributed by atoms with Gasteiger partial charge in [-0.1, -0.05) is 19.9 Å². The number of thioether (sulfide) groups is 1. The van der Waals surface area contributed by atoms with E-state index in [2.05, 4.69) is 11.7 Å². The fourth-order valence-corrected chi connectivity index (χ4v) is 3.31. The minimum Gasteiger partial charge on any atom is -0.386 e. The Balaban J connectivity index is 2.42. The molecule has 2 heterocycles. The highest BCUT2D eigenvalue weighted by Crippen LogP contribution is 2.49. The Bertz CT molecular complexity index is 408. The predicted molar refractivity (Wildman–Crippen MR) is 58.1 cm³/mol. The van der Waals surface area contributed by atoms with E-state index in [9.17, 15) is 9.59 Å². The lowest BCUT2D eigenvalue weighted by Gasteiger charge is -2.26. The average molecular weight is 224 g/mol. The zero-order chi connectivity index (χ0) is 11.2. The van der Waals surface area contributed by atoms with Crippen LogP contribution in [0.2, 0.25) is 0 Å². The van der Waals surface area contributed by atoms with E-state index in [4.69, 9.17) is 0 Å². The molecule has 0 saturated heterocycles. The van der Waals surface area contributed by atoms with Gasteiger partial charge in [-0.25, -0.2) is 9.59 Å². The first-order valence-electron chi connectivity index (χ1n) is 4.78. The summed E-state index contributed by atoms with van der Waals surface area (Å²) in [5.41, 5.74) is 0.0993. The summed E-state index contributed by atoms with van der Waals surface area (Å²) in [7, 11) is 0. The number of ether oxygens (including phenoxy) is 1. The number of carbonyl (C=O) groups excluding carboxylic acids is 2. The zero-order valence-electron chi connectivity index (χ0n) is 8.87. The van der Waals surface area contributed by atoms with Gasteiger partial charge < -0.3 is 4.74 Å². The number of hydrogen-bond acceptors (Lipinski definition) is 4. The Labute approximate surface area is 92.6 Å².